The highest BCUT2D eigenvalue weighted by atomic mass is 19.1. The number of rotatable bonds is 7. The van der Waals surface area contributed by atoms with Crippen LogP contribution in [0.3, 0.4) is 0 Å². The predicted molar refractivity (Wildman–Crippen MR) is 132 cm³/mol. The summed E-state index contributed by atoms with van der Waals surface area (Å²) in [6.45, 7) is 2.05. The monoisotopic (exact) mass is 460 g/mol. The molecule has 2 aromatic carbocycles. The lowest BCUT2D eigenvalue weighted by Gasteiger charge is -2.13. The van der Waals surface area contributed by atoms with Gasteiger partial charge in [-0.05, 0) is 48.4 Å². The normalized spacial score (nSPS) is 10.8. The summed E-state index contributed by atoms with van der Waals surface area (Å²) in [4.78, 5) is 30.4. The summed E-state index contributed by atoms with van der Waals surface area (Å²) >= 11 is 0. The zero-order chi connectivity index (χ0) is 24.2. The van der Waals surface area contributed by atoms with Crippen molar-refractivity contribution >= 4 is 28.3 Å². The fourth-order valence-electron chi connectivity index (χ4n) is 3.79. The van der Waals surface area contributed by atoms with Gasteiger partial charge in [-0.2, -0.15) is 0 Å². The molecule has 2 aromatic heterocycles. The van der Waals surface area contributed by atoms with Crippen LogP contribution >= 0.6 is 0 Å². The highest BCUT2D eigenvalue weighted by molar-refractivity contribution is 6.04. The number of methoxy groups -OCH3 is 1. The van der Waals surface area contributed by atoms with Crippen LogP contribution in [0.4, 0.5) is 15.9 Å². The molecule has 2 N–H and O–H groups in total. The van der Waals surface area contributed by atoms with Crippen LogP contribution in [-0.2, 0) is 13.7 Å². The molecular weight excluding hydrogens is 435 g/mol. The number of ether oxygens (including phenoxy) is 1. The molecule has 0 atom stereocenters. The van der Waals surface area contributed by atoms with Crippen LogP contribution < -0.4 is 20.9 Å². The molecule has 2 heterocycles. The molecule has 0 aliphatic heterocycles. The average Bonchev–Trinajstić information content (AvgIpc) is 2.86. The zero-order valence-electron chi connectivity index (χ0n) is 19.2. The van der Waals surface area contributed by atoms with Crippen molar-refractivity contribution < 1.29 is 13.9 Å². The fourth-order valence-corrected chi connectivity index (χ4v) is 3.79. The molecule has 174 valence electrons. The number of nitrogens with zero attached hydrogens (tertiary/aromatic N) is 2. The lowest BCUT2D eigenvalue weighted by atomic mass is 10.0. The van der Waals surface area contributed by atoms with E-state index in [0.717, 1.165) is 17.4 Å². The Morgan fingerprint density at radius 3 is 2.71 bits per heavy atom. The molecule has 0 spiro atoms. The van der Waals surface area contributed by atoms with Crippen LogP contribution in [0.15, 0.2) is 65.6 Å². The number of nitrogens with one attached hydrogen (secondary N) is 2. The lowest BCUT2D eigenvalue weighted by molar-refractivity contribution is 0.102. The third kappa shape index (κ3) is 4.61. The first-order chi connectivity index (χ1) is 16.4. The summed E-state index contributed by atoms with van der Waals surface area (Å²) < 4.78 is 20.0. The maximum atomic E-state index is 13.2. The molecule has 4 aromatic rings. The van der Waals surface area contributed by atoms with Crippen molar-refractivity contribution in [2.75, 3.05) is 24.3 Å². The van der Waals surface area contributed by atoms with E-state index in [-0.39, 0.29) is 11.5 Å². The highest BCUT2D eigenvalue weighted by Gasteiger charge is 2.14. The van der Waals surface area contributed by atoms with E-state index in [1.807, 2.05) is 13.0 Å². The van der Waals surface area contributed by atoms with Crippen LogP contribution in [0.25, 0.3) is 22.0 Å². The van der Waals surface area contributed by atoms with Gasteiger partial charge < -0.3 is 19.9 Å². The van der Waals surface area contributed by atoms with Crippen LogP contribution in [0.5, 0.6) is 5.75 Å². The number of hydrogen-bond acceptors (Lipinski definition) is 5. The van der Waals surface area contributed by atoms with E-state index in [1.54, 1.807) is 60.3 Å². The van der Waals surface area contributed by atoms with E-state index in [4.69, 9.17) is 4.74 Å². The van der Waals surface area contributed by atoms with Gasteiger partial charge in [0.05, 0.1) is 12.6 Å². The molecular formula is C26H25FN4O3. The minimum atomic E-state index is -0.652. The van der Waals surface area contributed by atoms with Crippen molar-refractivity contribution in [3.05, 3.63) is 82.3 Å². The number of aromatic nitrogens is 2. The molecule has 1 amide bonds. The van der Waals surface area contributed by atoms with E-state index in [1.165, 1.54) is 13.2 Å². The van der Waals surface area contributed by atoms with Gasteiger partial charge in [0, 0.05) is 54.1 Å². The first-order valence-electron chi connectivity index (χ1n) is 10.8. The Hall–Kier alpha value is -4.20. The zero-order valence-corrected chi connectivity index (χ0v) is 19.2. The number of benzene rings is 2. The number of halogens is 1. The third-order valence-electron chi connectivity index (χ3n) is 5.52. The van der Waals surface area contributed by atoms with Gasteiger partial charge in [0.2, 0.25) is 0 Å². The van der Waals surface area contributed by atoms with Crippen LogP contribution in [0.2, 0.25) is 0 Å². The number of amides is 1. The Morgan fingerprint density at radius 1 is 1.15 bits per heavy atom. The second kappa shape index (κ2) is 9.74. The van der Waals surface area contributed by atoms with Crippen LogP contribution in [0.1, 0.15) is 22.8 Å². The molecule has 0 saturated heterocycles. The van der Waals surface area contributed by atoms with Gasteiger partial charge in [-0.15, -0.1) is 0 Å². The van der Waals surface area contributed by atoms with Crippen molar-refractivity contribution in [2.45, 2.75) is 13.6 Å². The first-order valence-corrected chi connectivity index (χ1v) is 10.8. The predicted octanol–water partition coefficient (Wildman–Crippen LogP) is 4.76. The molecule has 0 saturated carbocycles. The summed E-state index contributed by atoms with van der Waals surface area (Å²) in [6.07, 6.45) is 1.72. The topological polar surface area (TPSA) is 85.2 Å². The van der Waals surface area contributed by atoms with E-state index in [0.29, 0.717) is 39.5 Å². The molecule has 0 radical (unpaired) electrons. The average molecular weight is 461 g/mol. The van der Waals surface area contributed by atoms with E-state index in [9.17, 15) is 14.0 Å². The second-order valence-electron chi connectivity index (χ2n) is 7.82. The second-order valence-corrected chi connectivity index (χ2v) is 7.82. The number of alkyl halides is 1. The molecule has 7 nitrogen and oxygen atoms in total. The van der Waals surface area contributed by atoms with Crippen molar-refractivity contribution in [3.63, 3.8) is 0 Å². The first kappa shape index (κ1) is 23.0. The number of fused-ring (bicyclic) bond motifs is 1. The quantitative estimate of drug-likeness (QED) is 0.415. The fraction of sp³-hybridized carbons (Fsp3) is 0.192. The Kier molecular flexibility index (Phi) is 6.58. The Morgan fingerprint density at radius 2 is 1.97 bits per heavy atom. The summed E-state index contributed by atoms with van der Waals surface area (Å²) in [7, 11) is 3.23. The van der Waals surface area contributed by atoms with Crippen molar-refractivity contribution in [2.24, 2.45) is 7.05 Å². The number of carbonyl (C=O) groups excluding carboxylic acids is 1. The third-order valence-corrected chi connectivity index (χ3v) is 5.52. The van der Waals surface area contributed by atoms with Gasteiger partial charge in [0.15, 0.2) is 0 Å². The number of anilines is 2. The smallest absolute Gasteiger partial charge is 0.258 e. The number of aryl methyl sites for hydroxylation is 1. The van der Waals surface area contributed by atoms with Gasteiger partial charge in [-0.1, -0.05) is 12.1 Å². The van der Waals surface area contributed by atoms with Crippen LogP contribution in [-0.4, -0.2) is 29.1 Å². The molecule has 0 unspecified atom stereocenters. The SMILES string of the molecule is CCNc1cc2c(cn1)cc(-c1cc(NC(=O)c3cccc(CF)c3)cc(OC)c1)c(=O)n2C. The maximum absolute atomic E-state index is 13.2. The summed E-state index contributed by atoms with van der Waals surface area (Å²) in [5, 5.41) is 6.77. The van der Waals surface area contributed by atoms with Crippen molar-refractivity contribution in [3.8, 4) is 16.9 Å². The van der Waals surface area contributed by atoms with Gasteiger partial charge in [-0.3, -0.25) is 9.59 Å². The number of carbonyl (C=O) groups is 1. The van der Waals surface area contributed by atoms with Gasteiger partial charge >= 0.3 is 0 Å². The molecule has 8 heteroatoms. The molecule has 34 heavy (non-hydrogen) atoms. The summed E-state index contributed by atoms with van der Waals surface area (Å²) in [6, 6.07) is 15.1. The molecule has 0 aliphatic rings. The molecule has 4 rings (SSSR count). The van der Waals surface area contributed by atoms with E-state index < -0.39 is 6.67 Å². The van der Waals surface area contributed by atoms with E-state index in [2.05, 4.69) is 15.6 Å². The summed E-state index contributed by atoms with van der Waals surface area (Å²) in [5.41, 5.74) is 2.81. The van der Waals surface area contributed by atoms with Crippen molar-refractivity contribution in [1.29, 1.82) is 0 Å². The number of hydrogen-bond donors (Lipinski definition) is 2. The van der Waals surface area contributed by atoms with Crippen LogP contribution in [0, 0.1) is 0 Å². The number of pyridine rings is 2. The minimum Gasteiger partial charge on any atom is -0.497 e. The minimum absolute atomic E-state index is 0.192. The Bertz CT molecular complexity index is 1430. The molecule has 0 fully saturated rings. The standard InChI is InChI=1S/C26H25FN4O3/c1-4-28-24-13-23-19(15-29-24)11-22(26(33)31(23)2)18-9-20(12-21(10-18)34-3)30-25(32)17-7-5-6-16(8-17)14-27/h5-13,15H,4,14H2,1-3H3,(H,28,29)(H,30,32). The van der Waals surface area contributed by atoms with Gasteiger partial charge in [0.25, 0.3) is 11.5 Å². The Balaban J connectivity index is 1.75. The van der Waals surface area contributed by atoms with Gasteiger partial charge in [0.1, 0.15) is 18.2 Å². The van der Waals surface area contributed by atoms with Gasteiger partial charge in [-0.25, -0.2) is 9.37 Å². The maximum Gasteiger partial charge on any atom is 0.258 e. The summed E-state index contributed by atoms with van der Waals surface area (Å²) in [5.74, 6) is 0.787. The lowest BCUT2D eigenvalue weighted by Crippen LogP contribution is -2.19. The van der Waals surface area contributed by atoms with Crippen molar-refractivity contribution in [1.82, 2.24) is 9.55 Å². The van der Waals surface area contributed by atoms with E-state index >= 15 is 0 Å². The highest BCUT2D eigenvalue weighted by Crippen LogP contribution is 2.29. The largest absolute Gasteiger partial charge is 0.497 e. The Labute approximate surface area is 196 Å². The molecule has 0 bridgehead atoms. The molecule has 0 aliphatic carbocycles.